The number of nitrogens with one attached hydrogen (secondary N) is 1. The minimum atomic E-state index is -4.72. The van der Waals surface area contributed by atoms with Gasteiger partial charge >= 0.3 is 6.18 Å². The number of halogens is 4. The lowest BCUT2D eigenvalue weighted by molar-refractivity contribution is -0.137. The van der Waals surface area contributed by atoms with Gasteiger partial charge in [-0.1, -0.05) is 60.1 Å². The maximum Gasteiger partial charge on any atom is 0.416 e. The van der Waals surface area contributed by atoms with Crippen LogP contribution in [0.1, 0.15) is 11.1 Å². The van der Waals surface area contributed by atoms with E-state index in [9.17, 15) is 26.4 Å². The highest BCUT2D eigenvalue weighted by Gasteiger charge is 2.34. The molecule has 3 aromatic rings. The largest absolute Gasteiger partial charge is 0.416 e. The smallest absolute Gasteiger partial charge is 0.354 e. The van der Waals surface area contributed by atoms with Gasteiger partial charge < -0.3 is 5.32 Å². The molecule has 35 heavy (non-hydrogen) atoms. The van der Waals surface area contributed by atoms with E-state index >= 15 is 0 Å². The minimum Gasteiger partial charge on any atom is -0.354 e. The van der Waals surface area contributed by atoms with Crippen LogP contribution in [0.4, 0.5) is 18.9 Å². The Morgan fingerprint density at radius 2 is 1.60 bits per heavy atom. The number of benzene rings is 3. The Kier molecular flexibility index (Phi) is 9.09. The summed E-state index contributed by atoms with van der Waals surface area (Å²) in [5, 5.41) is 2.39. The molecule has 0 aromatic heterocycles. The second kappa shape index (κ2) is 11.8. The van der Waals surface area contributed by atoms with Crippen molar-refractivity contribution in [3.63, 3.8) is 0 Å². The van der Waals surface area contributed by atoms with Crippen molar-refractivity contribution in [3.05, 3.63) is 95.0 Å². The van der Waals surface area contributed by atoms with E-state index in [-0.39, 0.29) is 16.5 Å². The molecule has 0 atom stereocenters. The van der Waals surface area contributed by atoms with Crippen molar-refractivity contribution < 1.29 is 26.4 Å². The summed E-state index contributed by atoms with van der Waals surface area (Å²) in [5.41, 5.74) is -0.384. The maximum atomic E-state index is 13.3. The van der Waals surface area contributed by atoms with Crippen LogP contribution in [0.25, 0.3) is 0 Å². The Morgan fingerprint density at radius 3 is 2.23 bits per heavy atom. The molecule has 0 spiro atoms. The van der Waals surface area contributed by atoms with Crippen LogP contribution in [0.15, 0.2) is 83.8 Å². The van der Waals surface area contributed by atoms with Crippen molar-refractivity contribution in [2.75, 3.05) is 23.1 Å². The summed E-state index contributed by atoms with van der Waals surface area (Å²) in [4.78, 5) is 12.5. The number of anilines is 1. The normalized spacial score (nSPS) is 11.8. The van der Waals surface area contributed by atoms with Gasteiger partial charge in [0.05, 0.1) is 21.2 Å². The fourth-order valence-corrected chi connectivity index (χ4v) is 5.65. The Balaban J connectivity index is 1.77. The van der Waals surface area contributed by atoms with Gasteiger partial charge in [0, 0.05) is 18.1 Å². The predicted octanol–water partition coefficient (Wildman–Crippen LogP) is 5.60. The molecule has 0 radical (unpaired) electrons. The summed E-state index contributed by atoms with van der Waals surface area (Å²) in [6, 6.07) is 19.2. The lowest BCUT2D eigenvalue weighted by atomic mass is 10.2. The summed E-state index contributed by atoms with van der Waals surface area (Å²) < 4.78 is 67.2. The molecule has 186 valence electrons. The van der Waals surface area contributed by atoms with Crippen LogP contribution in [0.5, 0.6) is 0 Å². The molecule has 0 aliphatic rings. The van der Waals surface area contributed by atoms with E-state index < -0.39 is 39.9 Å². The summed E-state index contributed by atoms with van der Waals surface area (Å²) >= 11 is 7.69. The van der Waals surface area contributed by atoms with Crippen molar-refractivity contribution >= 4 is 45.0 Å². The number of carbonyl (C=O) groups excluding carboxylic acids is 1. The molecule has 1 N–H and O–H groups in total. The van der Waals surface area contributed by atoms with Gasteiger partial charge in [0.2, 0.25) is 5.91 Å². The predicted molar refractivity (Wildman–Crippen MR) is 133 cm³/mol. The highest BCUT2D eigenvalue weighted by Crippen LogP contribution is 2.37. The van der Waals surface area contributed by atoms with Gasteiger partial charge in [-0.15, -0.1) is 0 Å². The number of carbonyl (C=O) groups is 1. The van der Waals surface area contributed by atoms with Crippen LogP contribution < -0.4 is 9.62 Å². The number of hydrogen-bond acceptors (Lipinski definition) is 4. The molecular formula is C24H22ClF3N2O3S2. The fourth-order valence-electron chi connectivity index (χ4n) is 3.11. The molecule has 0 saturated carbocycles. The second-order valence-electron chi connectivity index (χ2n) is 7.38. The van der Waals surface area contributed by atoms with Gasteiger partial charge in [-0.2, -0.15) is 24.9 Å². The SMILES string of the molecule is O=C(CN(c1cc(C(F)(F)F)ccc1Cl)S(=O)(=O)c1ccccc1)NCCSCc1ccccc1. The number of amides is 1. The summed E-state index contributed by atoms with van der Waals surface area (Å²) in [7, 11) is -4.39. The number of nitrogens with zero attached hydrogens (tertiary/aromatic N) is 1. The van der Waals surface area contributed by atoms with Crippen LogP contribution in [0, 0.1) is 0 Å². The number of sulfonamides is 1. The second-order valence-corrected chi connectivity index (χ2v) is 10.8. The molecule has 3 aromatic carbocycles. The van der Waals surface area contributed by atoms with Crippen molar-refractivity contribution in [2.45, 2.75) is 16.8 Å². The average Bonchev–Trinajstić information content (AvgIpc) is 2.83. The van der Waals surface area contributed by atoms with Gasteiger partial charge in [0.25, 0.3) is 10.0 Å². The van der Waals surface area contributed by atoms with E-state index in [0.717, 1.165) is 23.4 Å². The highest BCUT2D eigenvalue weighted by molar-refractivity contribution is 7.98. The summed E-state index contributed by atoms with van der Waals surface area (Å²) in [6.45, 7) is -0.479. The minimum absolute atomic E-state index is 0.181. The van der Waals surface area contributed by atoms with E-state index in [1.165, 1.54) is 24.3 Å². The number of thioether (sulfide) groups is 1. The molecule has 0 heterocycles. The first-order chi connectivity index (χ1) is 16.6. The standard InChI is InChI=1S/C24H22ClF3N2O3S2/c25-21-12-11-19(24(26,27)28)15-22(21)30(35(32,33)20-9-5-2-6-10-20)16-23(31)29-13-14-34-17-18-7-3-1-4-8-18/h1-12,15H,13-14,16-17H2,(H,29,31). The molecule has 0 unspecified atom stereocenters. The van der Waals surface area contributed by atoms with Crippen molar-refractivity contribution in [2.24, 2.45) is 0 Å². The van der Waals surface area contributed by atoms with E-state index in [1.54, 1.807) is 17.8 Å². The topological polar surface area (TPSA) is 66.5 Å². The maximum absolute atomic E-state index is 13.3. The highest BCUT2D eigenvalue weighted by atomic mass is 35.5. The van der Waals surface area contributed by atoms with Crippen LogP contribution in [-0.2, 0) is 26.7 Å². The average molecular weight is 543 g/mol. The van der Waals surface area contributed by atoms with Crippen LogP contribution in [0.2, 0.25) is 5.02 Å². The molecule has 5 nitrogen and oxygen atoms in total. The molecule has 11 heteroatoms. The Bertz CT molecular complexity index is 1240. The zero-order valence-corrected chi connectivity index (χ0v) is 20.7. The van der Waals surface area contributed by atoms with Crippen LogP contribution >= 0.6 is 23.4 Å². The van der Waals surface area contributed by atoms with E-state index in [4.69, 9.17) is 11.6 Å². The van der Waals surface area contributed by atoms with Crippen LogP contribution in [-0.4, -0.2) is 33.2 Å². The lowest BCUT2D eigenvalue weighted by Gasteiger charge is -2.25. The lowest BCUT2D eigenvalue weighted by Crippen LogP contribution is -2.41. The van der Waals surface area contributed by atoms with E-state index in [0.29, 0.717) is 16.1 Å². The molecule has 0 aliphatic carbocycles. The van der Waals surface area contributed by atoms with E-state index in [1.807, 2.05) is 30.3 Å². The third-order valence-corrected chi connectivity index (χ3v) is 7.96. The first-order valence-corrected chi connectivity index (χ1v) is 13.4. The van der Waals surface area contributed by atoms with Gasteiger partial charge in [-0.3, -0.25) is 9.10 Å². The molecule has 0 aliphatic heterocycles. The van der Waals surface area contributed by atoms with Gasteiger partial charge in [0.15, 0.2) is 0 Å². The third kappa shape index (κ3) is 7.39. The number of hydrogen-bond donors (Lipinski definition) is 1. The third-order valence-electron chi connectivity index (χ3n) is 4.84. The van der Waals surface area contributed by atoms with Crippen molar-refractivity contribution in [3.8, 4) is 0 Å². The quantitative estimate of drug-likeness (QED) is 0.338. The van der Waals surface area contributed by atoms with Crippen molar-refractivity contribution in [1.82, 2.24) is 5.32 Å². The monoisotopic (exact) mass is 542 g/mol. The van der Waals surface area contributed by atoms with Gasteiger partial charge in [-0.05, 0) is 35.9 Å². The molecule has 0 fully saturated rings. The molecule has 3 rings (SSSR count). The summed E-state index contributed by atoms with van der Waals surface area (Å²) in [6.07, 6.45) is -4.72. The van der Waals surface area contributed by atoms with Gasteiger partial charge in [-0.25, -0.2) is 8.42 Å². The molecule has 1 amide bonds. The van der Waals surface area contributed by atoms with Gasteiger partial charge in [0.1, 0.15) is 6.54 Å². The number of rotatable bonds is 10. The molecule has 0 bridgehead atoms. The first-order valence-electron chi connectivity index (χ1n) is 10.4. The first kappa shape index (κ1) is 26.9. The number of alkyl halides is 3. The summed E-state index contributed by atoms with van der Waals surface area (Å²) in [5.74, 6) is 0.639. The zero-order chi connectivity index (χ0) is 25.5. The Morgan fingerprint density at radius 1 is 0.971 bits per heavy atom. The Hall–Kier alpha value is -2.69. The van der Waals surface area contributed by atoms with E-state index in [2.05, 4.69) is 5.32 Å². The van der Waals surface area contributed by atoms with Crippen molar-refractivity contribution in [1.29, 1.82) is 0 Å². The zero-order valence-electron chi connectivity index (χ0n) is 18.3. The fraction of sp³-hybridized carbons (Fsp3) is 0.208. The molecule has 0 saturated heterocycles. The molecular weight excluding hydrogens is 521 g/mol. The Labute approximate surface area is 211 Å². The van der Waals surface area contributed by atoms with Crippen LogP contribution in [0.3, 0.4) is 0 Å².